The van der Waals surface area contributed by atoms with Crippen molar-refractivity contribution in [2.24, 2.45) is 5.92 Å². The number of hydrogen-bond donors (Lipinski definition) is 0. The third-order valence-corrected chi connectivity index (χ3v) is 6.16. The predicted octanol–water partition coefficient (Wildman–Crippen LogP) is 1.54. The highest BCUT2D eigenvalue weighted by atomic mass is 35.5. The van der Waals surface area contributed by atoms with Crippen molar-refractivity contribution in [2.75, 3.05) is 39.2 Å². The van der Waals surface area contributed by atoms with Crippen LogP contribution in [0.5, 0.6) is 0 Å². The van der Waals surface area contributed by atoms with Gasteiger partial charge in [-0.3, -0.25) is 0 Å². The highest BCUT2D eigenvalue weighted by Gasteiger charge is 2.33. The summed E-state index contributed by atoms with van der Waals surface area (Å²) in [5.41, 5.74) is 0. The van der Waals surface area contributed by atoms with Gasteiger partial charge in [0.2, 0.25) is 0 Å². The number of piperidine rings is 1. The van der Waals surface area contributed by atoms with Gasteiger partial charge in [-0.1, -0.05) is 0 Å². The van der Waals surface area contributed by atoms with E-state index in [1.54, 1.807) is 11.4 Å². The van der Waals surface area contributed by atoms with Crippen molar-refractivity contribution in [3.63, 3.8) is 0 Å². The summed E-state index contributed by atoms with van der Waals surface area (Å²) in [5.74, 6) is 1.06. The van der Waals surface area contributed by atoms with E-state index in [0.717, 1.165) is 12.8 Å². The van der Waals surface area contributed by atoms with Gasteiger partial charge in [-0.25, -0.2) is 0 Å². The molecule has 0 N–H and O–H groups in total. The van der Waals surface area contributed by atoms with Crippen LogP contribution in [0.4, 0.5) is 0 Å². The average molecular weight is 313 g/mol. The molecule has 0 atom stereocenters. The Morgan fingerprint density at radius 2 is 1.95 bits per heavy atom. The Balaban J connectivity index is 2.71. The van der Waals surface area contributed by atoms with Crippen LogP contribution >= 0.6 is 11.6 Å². The molecule has 1 heterocycles. The maximum atomic E-state index is 12.6. The quantitative estimate of drug-likeness (QED) is 0.670. The molecule has 0 spiro atoms. The van der Waals surface area contributed by atoms with E-state index in [1.807, 2.05) is 13.8 Å². The summed E-state index contributed by atoms with van der Waals surface area (Å²) in [5, 5.41) is 0. The third kappa shape index (κ3) is 4.56. The van der Waals surface area contributed by atoms with E-state index in [2.05, 4.69) is 0 Å². The molecule has 0 aromatic heterocycles. The zero-order valence-corrected chi connectivity index (χ0v) is 13.6. The van der Waals surface area contributed by atoms with Gasteiger partial charge < -0.3 is 4.74 Å². The molecule has 1 aliphatic heterocycles. The minimum Gasteiger partial charge on any atom is -0.383 e. The van der Waals surface area contributed by atoms with Gasteiger partial charge in [-0.15, -0.1) is 11.6 Å². The fourth-order valence-electron chi connectivity index (χ4n) is 2.26. The van der Waals surface area contributed by atoms with Crippen molar-refractivity contribution < 1.29 is 13.2 Å². The molecule has 1 rings (SSSR count). The van der Waals surface area contributed by atoms with E-state index in [0.29, 0.717) is 38.0 Å². The van der Waals surface area contributed by atoms with Crippen molar-refractivity contribution >= 4 is 21.8 Å². The smallest absolute Gasteiger partial charge is 0.282 e. The second-order valence-electron chi connectivity index (χ2n) is 5.20. The van der Waals surface area contributed by atoms with Gasteiger partial charge in [0.25, 0.3) is 10.2 Å². The van der Waals surface area contributed by atoms with Crippen LogP contribution in [0.1, 0.15) is 26.7 Å². The number of rotatable bonds is 7. The molecule has 0 aromatic rings. The molecule has 114 valence electrons. The molecule has 1 fully saturated rings. The molecule has 0 aliphatic carbocycles. The molecule has 0 unspecified atom stereocenters. The Morgan fingerprint density at radius 3 is 2.37 bits per heavy atom. The van der Waals surface area contributed by atoms with Gasteiger partial charge in [-0.2, -0.15) is 17.0 Å². The second kappa shape index (κ2) is 7.78. The first-order valence-electron chi connectivity index (χ1n) is 6.75. The molecular weight excluding hydrogens is 288 g/mol. The lowest BCUT2D eigenvalue weighted by Crippen LogP contribution is -2.50. The highest BCUT2D eigenvalue weighted by molar-refractivity contribution is 7.86. The number of alkyl halides is 1. The minimum absolute atomic E-state index is 0.0640. The summed E-state index contributed by atoms with van der Waals surface area (Å²) in [6.07, 6.45) is 1.69. The largest absolute Gasteiger partial charge is 0.383 e. The Labute approximate surface area is 122 Å². The van der Waals surface area contributed by atoms with Crippen molar-refractivity contribution in [1.82, 2.24) is 8.61 Å². The lowest BCUT2D eigenvalue weighted by atomic mass is 10.0. The molecular formula is C12H25ClN2O3S. The Morgan fingerprint density at radius 1 is 1.37 bits per heavy atom. The molecule has 0 aromatic carbocycles. The average Bonchev–Trinajstić information content (AvgIpc) is 2.38. The summed E-state index contributed by atoms with van der Waals surface area (Å²) in [4.78, 5) is 0. The van der Waals surface area contributed by atoms with Gasteiger partial charge in [-0.05, 0) is 32.6 Å². The number of ether oxygens (including phenoxy) is 1. The molecule has 1 aliphatic rings. The number of hydrogen-bond acceptors (Lipinski definition) is 3. The first-order chi connectivity index (χ1) is 8.93. The highest BCUT2D eigenvalue weighted by Crippen LogP contribution is 2.23. The number of methoxy groups -OCH3 is 1. The summed E-state index contributed by atoms with van der Waals surface area (Å²) < 4.78 is 33.3. The van der Waals surface area contributed by atoms with Gasteiger partial charge in [0.05, 0.1) is 6.61 Å². The van der Waals surface area contributed by atoms with Crippen molar-refractivity contribution in [2.45, 2.75) is 32.7 Å². The standard InChI is InChI=1S/C12H25ClN2O3S/c1-11(2)15(8-9-18-3)19(16,17)14-6-4-12(10-13)5-7-14/h11-12H,4-10H2,1-3H3. The van der Waals surface area contributed by atoms with E-state index in [-0.39, 0.29) is 6.04 Å². The van der Waals surface area contributed by atoms with E-state index < -0.39 is 10.2 Å². The normalized spacial score (nSPS) is 19.5. The van der Waals surface area contributed by atoms with E-state index in [4.69, 9.17) is 16.3 Å². The van der Waals surface area contributed by atoms with Crippen LogP contribution in [-0.4, -0.2) is 62.3 Å². The van der Waals surface area contributed by atoms with Crippen molar-refractivity contribution in [1.29, 1.82) is 0 Å². The Hall–Kier alpha value is 0.120. The first kappa shape index (κ1) is 17.2. The molecule has 0 amide bonds. The zero-order valence-electron chi connectivity index (χ0n) is 12.0. The van der Waals surface area contributed by atoms with Gasteiger partial charge in [0, 0.05) is 38.7 Å². The second-order valence-corrected chi connectivity index (χ2v) is 7.39. The van der Waals surface area contributed by atoms with E-state index in [9.17, 15) is 8.42 Å². The van der Waals surface area contributed by atoms with Crippen molar-refractivity contribution in [3.8, 4) is 0 Å². The number of halogens is 1. The summed E-state index contributed by atoms with van der Waals surface area (Å²) in [6, 6.07) is -0.0640. The molecule has 5 nitrogen and oxygen atoms in total. The number of nitrogens with zero attached hydrogens (tertiary/aromatic N) is 2. The molecule has 7 heteroatoms. The maximum Gasteiger partial charge on any atom is 0.282 e. The van der Waals surface area contributed by atoms with Crippen LogP contribution in [0.2, 0.25) is 0 Å². The summed E-state index contributed by atoms with van der Waals surface area (Å²) in [7, 11) is -1.80. The topological polar surface area (TPSA) is 49.9 Å². The third-order valence-electron chi connectivity index (χ3n) is 3.51. The Bertz CT molecular complexity index is 354. The lowest BCUT2D eigenvalue weighted by molar-refractivity contribution is 0.164. The van der Waals surface area contributed by atoms with E-state index in [1.165, 1.54) is 4.31 Å². The molecule has 0 bridgehead atoms. The summed E-state index contributed by atoms with van der Waals surface area (Å²) in [6.45, 7) is 5.71. The zero-order chi connectivity index (χ0) is 14.5. The SMILES string of the molecule is COCCN(C(C)C)S(=O)(=O)N1CCC(CCl)CC1. The van der Waals surface area contributed by atoms with Crippen LogP contribution in [0.3, 0.4) is 0 Å². The maximum absolute atomic E-state index is 12.6. The van der Waals surface area contributed by atoms with Crippen LogP contribution < -0.4 is 0 Å². The van der Waals surface area contributed by atoms with Crippen LogP contribution in [0.15, 0.2) is 0 Å². The van der Waals surface area contributed by atoms with Crippen LogP contribution in [0.25, 0.3) is 0 Å². The summed E-state index contributed by atoms with van der Waals surface area (Å²) >= 11 is 5.83. The molecule has 0 radical (unpaired) electrons. The molecule has 1 saturated heterocycles. The van der Waals surface area contributed by atoms with Gasteiger partial charge in [0.15, 0.2) is 0 Å². The van der Waals surface area contributed by atoms with E-state index >= 15 is 0 Å². The molecule has 19 heavy (non-hydrogen) atoms. The fraction of sp³-hybridized carbons (Fsp3) is 1.00. The fourth-order valence-corrected chi connectivity index (χ4v) is 4.38. The lowest BCUT2D eigenvalue weighted by Gasteiger charge is -2.36. The van der Waals surface area contributed by atoms with Crippen LogP contribution in [0, 0.1) is 5.92 Å². The molecule has 0 saturated carbocycles. The van der Waals surface area contributed by atoms with Gasteiger partial charge in [0.1, 0.15) is 0 Å². The van der Waals surface area contributed by atoms with Gasteiger partial charge >= 0.3 is 0 Å². The minimum atomic E-state index is -3.38. The predicted molar refractivity (Wildman–Crippen MR) is 77.7 cm³/mol. The monoisotopic (exact) mass is 312 g/mol. The first-order valence-corrected chi connectivity index (χ1v) is 8.68. The van der Waals surface area contributed by atoms with Crippen molar-refractivity contribution in [3.05, 3.63) is 0 Å². The van der Waals surface area contributed by atoms with Crippen LogP contribution in [-0.2, 0) is 14.9 Å². The Kier molecular flexibility index (Phi) is 7.04.